The van der Waals surface area contributed by atoms with Crippen LogP contribution in [0.1, 0.15) is 18.1 Å². The molecule has 1 aromatic heterocycles. The van der Waals surface area contributed by atoms with Crippen LogP contribution < -0.4 is 4.90 Å². The predicted octanol–water partition coefficient (Wildman–Crippen LogP) is 3.19. The van der Waals surface area contributed by atoms with Crippen molar-refractivity contribution in [1.82, 2.24) is 9.88 Å². The quantitative estimate of drug-likeness (QED) is 0.853. The van der Waals surface area contributed by atoms with E-state index in [1.165, 1.54) is 15.8 Å². The van der Waals surface area contributed by atoms with E-state index in [-0.39, 0.29) is 6.09 Å². The zero-order chi connectivity index (χ0) is 15.7. The van der Waals surface area contributed by atoms with Crippen molar-refractivity contribution in [2.24, 2.45) is 0 Å². The smallest absolute Gasteiger partial charge is 0.409 e. The van der Waals surface area contributed by atoms with Crippen molar-refractivity contribution >= 4 is 32.8 Å². The van der Waals surface area contributed by atoms with Crippen molar-refractivity contribution < 1.29 is 9.53 Å². The third-order valence-corrected chi connectivity index (χ3v) is 5.23. The number of hydrogen-bond donors (Lipinski definition) is 0. The van der Waals surface area contributed by atoms with E-state index >= 15 is 0 Å². The van der Waals surface area contributed by atoms with E-state index in [4.69, 9.17) is 9.72 Å². The minimum Gasteiger partial charge on any atom is -0.450 e. The molecule has 0 N–H and O–H groups in total. The van der Waals surface area contributed by atoms with E-state index in [9.17, 15) is 4.79 Å². The molecule has 0 spiro atoms. The van der Waals surface area contributed by atoms with Gasteiger partial charge in [0.15, 0.2) is 5.13 Å². The molecule has 6 heteroatoms. The number of aromatic nitrogens is 1. The molecule has 5 nitrogen and oxygen atoms in total. The maximum Gasteiger partial charge on any atom is 0.409 e. The third-order valence-electron chi connectivity index (χ3n) is 4.15. The van der Waals surface area contributed by atoms with Gasteiger partial charge in [-0.1, -0.05) is 17.4 Å². The normalized spacial score (nSPS) is 15.4. The van der Waals surface area contributed by atoms with E-state index in [0.29, 0.717) is 19.7 Å². The molecule has 0 bridgehead atoms. The molecule has 0 atom stereocenters. The van der Waals surface area contributed by atoms with E-state index in [1.54, 1.807) is 16.2 Å². The number of benzene rings is 1. The highest BCUT2D eigenvalue weighted by molar-refractivity contribution is 7.22. The summed E-state index contributed by atoms with van der Waals surface area (Å²) in [6.45, 7) is 9.48. The van der Waals surface area contributed by atoms with Gasteiger partial charge in [-0.2, -0.15) is 0 Å². The number of aryl methyl sites for hydroxylation is 2. The number of fused-ring (bicyclic) bond motifs is 1. The molecular formula is C16H21N3O2S. The zero-order valence-electron chi connectivity index (χ0n) is 13.3. The third kappa shape index (κ3) is 2.75. The first kappa shape index (κ1) is 15.1. The van der Waals surface area contributed by atoms with Crippen molar-refractivity contribution in [2.45, 2.75) is 20.8 Å². The molecule has 118 valence electrons. The molecular weight excluding hydrogens is 298 g/mol. The number of piperazine rings is 1. The van der Waals surface area contributed by atoms with Gasteiger partial charge in [0.05, 0.1) is 16.8 Å². The lowest BCUT2D eigenvalue weighted by molar-refractivity contribution is 0.105. The van der Waals surface area contributed by atoms with Gasteiger partial charge in [-0.3, -0.25) is 0 Å². The van der Waals surface area contributed by atoms with Crippen molar-refractivity contribution in [3.8, 4) is 0 Å². The lowest BCUT2D eigenvalue weighted by atomic mass is 10.1. The molecule has 1 aliphatic heterocycles. The maximum absolute atomic E-state index is 11.7. The number of hydrogen-bond acceptors (Lipinski definition) is 5. The van der Waals surface area contributed by atoms with Crippen molar-refractivity contribution in [3.63, 3.8) is 0 Å². The van der Waals surface area contributed by atoms with Crippen LogP contribution in [0.4, 0.5) is 9.93 Å². The van der Waals surface area contributed by atoms with Gasteiger partial charge in [0, 0.05) is 26.2 Å². The molecule has 1 amide bonds. The SMILES string of the molecule is CCOC(=O)N1CCN(c2nc3c(C)c(C)ccc3s2)CC1. The Morgan fingerprint density at radius 2 is 2.00 bits per heavy atom. The summed E-state index contributed by atoms with van der Waals surface area (Å²) >= 11 is 1.73. The summed E-state index contributed by atoms with van der Waals surface area (Å²) in [6, 6.07) is 4.30. The number of thiazole rings is 1. The standard InChI is InChI=1S/C16H21N3O2S/c1-4-21-16(20)19-9-7-18(8-10-19)15-17-14-12(3)11(2)5-6-13(14)22-15/h5-6H,4,7-10H2,1-3H3. The second-order valence-electron chi connectivity index (χ2n) is 5.52. The molecule has 1 aromatic carbocycles. The number of amides is 1. The van der Waals surface area contributed by atoms with Crippen LogP contribution in [0, 0.1) is 13.8 Å². The Balaban J connectivity index is 1.74. The minimum atomic E-state index is -0.210. The number of carbonyl (C=O) groups is 1. The Morgan fingerprint density at radius 1 is 1.27 bits per heavy atom. The molecule has 22 heavy (non-hydrogen) atoms. The Morgan fingerprint density at radius 3 is 2.68 bits per heavy atom. The fourth-order valence-corrected chi connectivity index (χ4v) is 3.72. The van der Waals surface area contributed by atoms with Crippen LogP contribution in [0.15, 0.2) is 12.1 Å². The summed E-state index contributed by atoms with van der Waals surface area (Å²) in [5.41, 5.74) is 3.63. The molecule has 0 unspecified atom stereocenters. The molecule has 3 rings (SSSR count). The lowest BCUT2D eigenvalue weighted by Gasteiger charge is -2.33. The van der Waals surface area contributed by atoms with Gasteiger partial charge < -0.3 is 14.5 Å². The van der Waals surface area contributed by atoms with Gasteiger partial charge in [0.2, 0.25) is 0 Å². The molecule has 0 radical (unpaired) electrons. The summed E-state index contributed by atoms with van der Waals surface area (Å²) in [4.78, 5) is 20.6. The average Bonchev–Trinajstić information content (AvgIpc) is 2.96. The summed E-state index contributed by atoms with van der Waals surface area (Å²) in [5.74, 6) is 0. The minimum absolute atomic E-state index is 0.210. The first-order valence-electron chi connectivity index (χ1n) is 7.63. The van der Waals surface area contributed by atoms with Crippen LogP contribution in [-0.2, 0) is 4.74 Å². The molecule has 0 aliphatic carbocycles. The predicted molar refractivity (Wildman–Crippen MR) is 89.9 cm³/mol. The van der Waals surface area contributed by atoms with Gasteiger partial charge in [-0.05, 0) is 38.0 Å². The molecule has 0 saturated carbocycles. The number of rotatable bonds is 2. The van der Waals surface area contributed by atoms with Crippen LogP contribution >= 0.6 is 11.3 Å². The second kappa shape index (κ2) is 6.12. The molecule has 2 heterocycles. The Hall–Kier alpha value is -1.82. The van der Waals surface area contributed by atoms with E-state index in [1.807, 2.05) is 6.92 Å². The summed E-state index contributed by atoms with van der Waals surface area (Å²) < 4.78 is 6.28. The van der Waals surface area contributed by atoms with Crippen LogP contribution in [0.2, 0.25) is 0 Å². The van der Waals surface area contributed by atoms with E-state index in [2.05, 4.69) is 30.9 Å². The van der Waals surface area contributed by atoms with Crippen LogP contribution in [0.25, 0.3) is 10.2 Å². The van der Waals surface area contributed by atoms with Crippen molar-refractivity contribution in [3.05, 3.63) is 23.3 Å². The highest BCUT2D eigenvalue weighted by Gasteiger charge is 2.24. The molecule has 2 aromatic rings. The van der Waals surface area contributed by atoms with Crippen LogP contribution in [0.5, 0.6) is 0 Å². The lowest BCUT2D eigenvalue weighted by Crippen LogP contribution is -2.48. The first-order chi connectivity index (χ1) is 10.6. The second-order valence-corrected chi connectivity index (χ2v) is 6.53. The fourth-order valence-electron chi connectivity index (χ4n) is 2.64. The van der Waals surface area contributed by atoms with Crippen LogP contribution in [0.3, 0.4) is 0 Å². The van der Waals surface area contributed by atoms with Gasteiger partial charge in [0.1, 0.15) is 0 Å². The van der Waals surface area contributed by atoms with E-state index < -0.39 is 0 Å². The zero-order valence-corrected chi connectivity index (χ0v) is 14.1. The highest BCUT2D eigenvalue weighted by Crippen LogP contribution is 2.32. The summed E-state index contributed by atoms with van der Waals surface area (Å²) in [5, 5.41) is 1.05. The largest absolute Gasteiger partial charge is 0.450 e. The van der Waals surface area contributed by atoms with Gasteiger partial charge >= 0.3 is 6.09 Å². The first-order valence-corrected chi connectivity index (χ1v) is 8.45. The Kier molecular flexibility index (Phi) is 4.20. The maximum atomic E-state index is 11.7. The Labute approximate surface area is 134 Å². The van der Waals surface area contributed by atoms with Gasteiger partial charge in [-0.25, -0.2) is 9.78 Å². The molecule has 1 aliphatic rings. The summed E-state index contributed by atoms with van der Waals surface area (Å²) in [6.07, 6.45) is -0.210. The highest BCUT2D eigenvalue weighted by atomic mass is 32.1. The van der Waals surface area contributed by atoms with Crippen molar-refractivity contribution in [1.29, 1.82) is 0 Å². The topological polar surface area (TPSA) is 45.7 Å². The molecule has 1 fully saturated rings. The van der Waals surface area contributed by atoms with E-state index in [0.717, 1.165) is 23.7 Å². The average molecular weight is 319 g/mol. The van der Waals surface area contributed by atoms with Gasteiger partial charge in [-0.15, -0.1) is 0 Å². The number of ether oxygens (including phenoxy) is 1. The number of anilines is 1. The number of nitrogens with zero attached hydrogens (tertiary/aromatic N) is 3. The van der Waals surface area contributed by atoms with Crippen LogP contribution in [-0.4, -0.2) is 48.8 Å². The number of carbonyl (C=O) groups excluding carboxylic acids is 1. The van der Waals surface area contributed by atoms with Crippen molar-refractivity contribution in [2.75, 3.05) is 37.7 Å². The Bertz CT molecular complexity index is 690. The monoisotopic (exact) mass is 319 g/mol. The fraction of sp³-hybridized carbons (Fsp3) is 0.500. The van der Waals surface area contributed by atoms with Gasteiger partial charge in [0.25, 0.3) is 0 Å². The summed E-state index contributed by atoms with van der Waals surface area (Å²) in [7, 11) is 0. The molecule has 1 saturated heterocycles.